The molecule has 0 saturated carbocycles. The van der Waals surface area contributed by atoms with E-state index in [1.165, 1.54) is 54.4 Å². The maximum absolute atomic E-state index is 5.03. The zero-order chi connectivity index (χ0) is 15.0. The fraction of sp³-hybridized carbons (Fsp3) is 0.824. The first-order chi connectivity index (χ1) is 10.0. The third-order valence-corrected chi connectivity index (χ3v) is 6.33. The van der Waals surface area contributed by atoms with Crippen LogP contribution in [0.4, 0.5) is 0 Å². The average Bonchev–Trinajstić information content (AvgIpc) is 3.03. The molecule has 2 fully saturated rings. The van der Waals surface area contributed by atoms with Gasteiger partial charge in [-0.25, -0.2) is 4.98 Å². The number of nitrogens with zero attached hydrogens (tertiary/aromatic N) is 2. The van der Waals surface area contributed by atoms with Crippen LogP contribution in [-0.4, -0.2) is 35.1 Å². The van der Waals surface area contributed by atoms with E-state index in [9.17, 15) is 0 Å². The topological polar surface area (TPSA) is 28.2 Å². The van der Waals surface area contributed by atoms with Crippen LogP contribution in [0.15, 0.2) is 0 Å². The third kappa shape index (κ3) is 2.90. The molecule has 21 heavy (non-hydrogen) atoms. The number of aromatic nitrogens is 1. The summed E-state index contributed by atoms with van der Waals surface area (Å²) in [5.74, 6) is 0. The highest BCUT2D eigenvalue weighted by atomic mass is 32.1. The summed E-state index contributed by atoms with van der Waals surface area (Å²) in [6, 6.07) is 1.27. The molecule has 2 aliphatic heterocycles. The van der Waals surface area contributed by atoms with E-state index in [1.807, 2.05) is 11.3 Å². The number of thiazole rings is 1. The molecule has 0 radical (unpaired) electrons. The zero-order valence-electron chi connectivity index (χ0n) is 13.9. The predicted molar refractivity (Wildman–Crippen MR) is 90.0 cm³/mol. The Hall–Kier alpha value is -0.450. The summed E-state index contributed by atoms with van der Waals surface area (Å²) in [4.78, 5) is 9.13. The van der Waals surface area contributed by atoms with E-state index in [2.05, 4.69) is 37.9 Å². The Morgan fingerprint density at radius 3 is 2.90 bits per heavy atom. The van der Waals surface area contributed by atoms with Crippen LogP contribution in [0.5, 0.6) is 0 Å². The van der Waals surface area contributed by atoms with Gasteiger partial charge in [-0.1, -0.05) is 6.92 Å². The molecule has 0 aromatic carbocycles. The van der Waals surface area contributed by atoms with Crippen LogP contribution in [0, 0.1) is 6.92 Å². The van der Waals surface area contributed by atoms with Gasteiger partial charge in [0.2, 0.25) is 0 Å². The summed E-state index contributed by atoms with van der Waals surface area (Å²) < 4.78 is 0. The average molecular weight is 308 g/mol. The smallest absolute Gasteiger partial charge is 0.113 e. The first-order valence-corrected chi connectivity index (χ1v) is 9.34. The van der Waals surface area contributed by atoms with Crippen LogP contribution >= 0.6 is 11.3 Å². The van der Waals surface area contributed by atoms with E-state index in [1.54, 1.807) is 0 Å². The van der Waals surface area contributed by atoms with Crippen molar-refractivity contribution in [3.8, 4) is 0 Å². The lowest BCUT2D eigenvalue weighted by atomic mass is 9.83. The Bertz CT molecular complexity index is 496. The van der Waals surface area contributed by atoms with E-state index >= 15 is 0 Å². The van der Waals surface area contributed by atoms with Crippen LogP contribution in [0.25, 0.3) is 0 Å². The van der Waals surface area contributed by atoms with Crippen molar-refractivity contribution in [2.75, 3.05) is 13.1 Å². The molecular formula is C17H29N3S. The van der Waals surface area contributed by atoms with Crippen LogP contribution in [0.1, 0.15) is 62.0 Å². The zero-order valence-corrected chi connectivity index (χ0v) is 14.7. The Morgan fingerprint density at radius 2 is 2.24 bits per heavy atom. The first-order valence-electron chi connectivity index (χ1n) is 8.52. The van der Waals surface area contributed by atoms with Crippen LogP contribution in [0.3, 0.4) is 0 Å². The molecule has 2 aliphatic rings. The van der Waals surface area contributed by atoms with Gasteiger partial charge in [-0.15, -0.1) is 11.3 Å². The molecule has 1 N–H and O–H groups in total. The molecule has 2 atom stereocenters. The highest BCUT2D eigenvalue weighted by Gasteiger charge is 2.44. The minimum absolute atomic E-state index is 0.114. The fourth-order valence-electron chi connectivity index (χ4n) is 4.16. The summed E-state index contributed by atoms with van der Waals surface area (Å²) in [6.07, 6.45) is 6.24. The molecule has 118 valence electrons. The van der Waals surface area contributed by atoms with Crippen molar-refractivity contribution >= 4 is 11.3 Å². The number of piperidine rings is 1. The molecule has 0 amide bonds. The van der Waals surface area contributed by atoms with Crippen molar-refractivity contribution in [3.05, 3.63) is 15.6 Å². The molecule has 1 aromatic heterocycles. The number of aryl methyl sites for hydroxylation is 2. The second-order valence-electron chi connectivity index (χ2n) is 7.04. The standard InChI is InChI=1S/C17H29N3S/c1-5-15-13(4)21-16(18-15)17(19-12(2)3)8-10-20-9-6-7-14(20)11-17/h12,14,19H,5-11H2,1-4H3. The van der Waals surface area contributed by atoms with Crippen molar-refractivity contribution in [3.63, 3.8) is 0 Å². The molecule has 1 aromatic rings. The van der Waals surface area contributed by atoms with Crippen molar-refractivity contribution in [1.29, 1.82) is 0 Å². The van der Waals surface area contributed by atoms with E-state index in [0.717, 1.165) is 12.5 Å². The summed E-state index contributed by atoms with van der Waals surface area (Å²) >= 11 is 1.93. The van der Waals surface area contributed by atoms with Crippen LogP contribution < -0.4 is 5.32 Å². The van der Waals surface area contributed by atoms with E-state index in [4.69, 9.17) is 4.98 Å². The predicted octanol–water partition coefficient (Wildman–Crippen LogP) is 3.47. The van der Waals surface area contributed by atoms with Gasteiger partial charge in [-0.2, -0.15) is 0 Å². The van der Waals surface area contributed by atoms with Gasteiger partial charge >= 0.3 is 0 Å². The van der Waals surface area contributed by atoms with Crippen molar-refractivity contribution in [2.24, 2.45) is 0 Å². The van der Waals surface area contributed by atoms with Gasteiger partial charge in [0.15, 0.2) is 0 Å². The molecule has 4 heteroatoms. The maximum Gasteiger partial charge on any atom is 0.113 e. The fourth-order valence-corrected chi connectivity index (χ4v) is 5.35. The molecule has 2 saturated heterocycles. The van der Waals surface area contributed by atoms with Crippen molar-refractivity contribution in [1.82, 2.24) is 15.2 Å². The quantitative estimate of drug-likeness (QED) is 0.923. The van der Waals surface area contributed by atoms with E-state index in [-0.39, 0.29) is 5.54 Å². The van der Waals surface area contributed by atoms with Gasteiger partial charge < -0.3 is 10.2 Å². The lowest BCUT2D eigenvalue weighted by molar-refractivity contribution is 0.0985. The first kappa shape index (κ1) is 15.4. The van der Waals surface area contributed by atoms with Gasteiger partial charge in [-0.05, 0) is 59.4 Å². The van der Waals surface area contributed by atoms with E-state index in [0.29, 0.717) is 6.04 Å². The lowest BCUT2D eigenvalue weighted by Crippen LogP contribution is -2.55. The van der Waals surface area contributed by atoms with Crippen LogP contribution in [-0.2, 0) is 12.0 Å². The minimum Gasteiger partial charge on any atom is -0.303 e. The highest BCUT2D eigenvalue weighted by molar-refractivity contribution is 7.11. The SMILES string of the molecule is CCc1nc(C2(NC(C)C)CCN3CCCC3C2)sc1C. The molecule has 3 heterocycles. The Morgan fingerprint density at radius 1 is 1.43 bits per heavy atom. The molecule has 0 bridgehead atoms. The minimum atomic E-state index is 0.114. The largest absolute Gasteiger partial charge is 0.303 e. The summed E-state index contributed by atoms with van der Waals surface area (Å²) in [5, 5.41) is 5.25. The Labute approximate surface area is 133 Å². The van der Waals surface area contributed by atoms with Gasteiger partial charge in [0.1, 0.15) is 5.01 Å². The highest BCUT2D eigenvalue weighted by Crippen LogP contribution is 2.42. The summed E-state index contributed by atoms with van der Waals surface area (Å²) in [7, 11) is 0. The Balaban J connectivity index is 1.92. The lowest BCUT2D eigenvalue weighted by Gasteiger charge is -2.44. The van der Waals surface area contributed by atoms with E-state index < -0.39 is 0 Å². The number of rotatable bonds is 4. The molecular weight excluding hydrogens is 278 g/mol. The van der Waals surface area contributed by atoms with Gasteiger partial charge in [0, 0.05) is 23.5 Å². The molecule has 3 rings (SSSR count). The second kappa shape index (κ2) is 5.98. The summed E-state index contributed by atoms with van der Waals surface area (Å²) in [6.45, 7) is 11.5. The Kier molecular flexibility index (Phi) is 4.40. The van der Waals surface area contributed by atoms with Gasteiger partial charge in [-0.3, -0.25) is 0 Å². The number of nitrogens with one attached hydrogen (secondary N) is 1. The molecule has 0 aliphatic carbocycles. The number of hydrogen-bond acceptors (Lipinski definition) is 4. The summed E-state index contributed by atoms with van der Waals surface area (Å²) in [5.41, 5.74) is 1.41. The van der Waals surface area contributed by atoms with Gasteiger partial charge in [0.25, 0.3) is 0 Å². The number of fused-ring (bicyclic) bond motifs is 1. The van der Waals surface area contributed by atoms with Gasteiger partial charge in [0.05, 0.1) is 11.2 Å². The molecule has 0 spiro atoms. The third-order valence-electron chi connectivity index (χ3n) is 5.11. The van der Waals surface area contributed by atoms with Crippen LogP contribution in [0.2, 0.25) is 0 Å². The number of hydrogen-bond donors (Lipinski definition) is 1. The molecule has 2 unspecified atom stereocenters. The molecule has 3 nitrogen and oxygen atoms in total. The maximum atomic E-state index is 5.03. The van der Waals surface area contributed by atoms with Crippen molar-refractivity contribution < 1.29 is 0 Å². The van der Waals surface area contributed by atoms with Crippen molar-refractivity contribution in [2.45, 2.75) is 77.4 Å². The second-order valence-corrected chi connectivity index (χ2v) is 8.25. The monoisotopic (exact) mass is 307 g/mol. The normalized spacial score (nSPS) is 30.0.